The third kappa shape index (κ3) is 4.21. The van der Waals surface area contributed by atoms with Crippen LogP contribution in [0.2, 0.25) is 0 Å². The molecule has 0 atom stereocenters. The molecule has 8 nitrogen and oxygen atoms in total. The van der Waals surface area contributed by atoms with Crippen molar-refractivity contribution in [2.45, 2.75) is 18.9 Å². The lowest BCUT2D eigenvalue weighted by molar-refractivity contribution is -0.159. The first kappa shape index (κ1) is 14.2. The lowest BCUT2D eigenvalue weighted by Crippen LogP contribution is -2.65. The van der Waals surface area contributed by atoms with Gasteiger partial charge >= 0.3 is 12.0 Å². The van der Waals surface area contributed by atoms with Crippen LogP contribution in [-0.4, -0.2) is 59.8 Å². The number of nitrogens with two attached hydrogens (primary N) is 1. The Balaban J connectivity index is 2.22. The standard InChI is InChI=1S/C10H17N3O5/c1-10(18-4-8(15)16)5-13(6-10)9(17)12-3-2-7(11)14/h2-6H2,1H3,(H2,11,14)(H,12,17)(H,15,16). The highest BCUT2D eigenvalue weighted by atomic mass is 16.5. The summed E-state index contributed by atoms with van der Waals surface area (Å²) in [5.74, 6) is -1.52. The maximum atomic E-state index is 11.5. The highest BCUT2D eigenvalue weighted by Crippen LogP contribution is 2.24. The van der Waals surface area contributed by atoms with Gasteiger partial charge in [-0.25, -0.2) is 9.59 Å². The van der Waals surface area contributed by atoms with Crippen molar-refractivity contribution in [3.05, 3.63) is 0 Å². The molecule has 3 amide bonds. The molecule has 1 saturated heterocycles. The van der Waals surface area contributed by atoms with Crippen LogP contribution in [0.1, 0.15) is 13.3 Å². The second-order valence-electron chi connectivity index (χ2n) is 4.44. The molecule has 0 aromatic carbocycles. The molecule has 1 rings (SSSR count). The van der Waals surface area contributed by atoms with Crippen molar-refractivity contribution in [2.75, 3.05) is 26.2 Å². The summed E-state index contributed by atoms with van der Waals surface area (Å²) in [5, 5.41) is 11.0. The van der Waals surface area contributed by atoms with Crippen molar-refractivity contribution in [1.29, 1.82) is 0 Å². The van der Waals surface area contributed by atoms with Crippen LogP contribution in [0.4, 0.5) is 4.79 Å². The Kier molecular flexibility index (Phi) is 4.49. The zero-order chi connectivity index (χ0) is 13.8. The first-order valence-corrected chi connectivity index (χ1v) is 5.49. The van der Waals surface area contributed by atoms with E-state index in [1.807, 2.05) is 0 Å². The van der Waals surface area contributed by atoms with Gasteiger partial charge in [-0.1, -0.05) is 0 Å². The van der Waals surface area contributed by atoms with E-state index in [-0.39, 0.29) is 25.6 Å². The lowest BCUT2D eigenvalue weighted by atomic mass is 9.97. The Labute approximate surface area is 104 Å². The largest absolute Gasteiger partial charge is 0.480 e. The first-order chi connectivity index (χ1) is 8.32. The van der Waals surface area contributed by atoms with E-state index < -0.39 is 17.5 Å². The Morgan fingerprint density at radius 2 is 2.06 bits per heavy atom. The van der Waals surface area contributed by atoms with E-state index in [1.54, 1.807) is 6.92 Å². The fourth-order valence-corrected chi connectivity index (χ4v) is 1.64. The number of carboxylic acid groups (broad SMARTS) is 1. The average Bonchev–Trinajstić information content (AvgIpc) is 2.21. The molecular formula is C10H17N3O5. The Morgan fingerprint density at radius 3 is 2.56 bits per heavy atom. The number of urea groups is 1. The van der Waals surface area contributed by atoms with Gasteiger partial charge in [0, 0.05) is 13.0 Å². The number of amides is 3. The summed E-state index contributed by atoms with van der Waals surface area (Å²) in [6.45, 7) is 2.19. The van der Waals surface area contributed by atoms with E-state index in [2.05, 4.69) is 5.32 Å². The predicted octanol–water partition coefficient (Wildman–Crippen LogP) is -1.25. The van der Waals surface area contributed by atoms with E-state index in [1.165, 1.54) is 4.90 Å². The van der Waals surface area contributed by atoms with Gasteiger partial charge in [-0.2, -0.15) is 0 Å². The highest BCUT2D eigenvalue weighted by molar-refractivity contribution is 5.77. The number of carboxylic acids is 1. The topological polar surface area (TPSA) is 122 Å². The van der Waals surface area contributed by atoms with Gasteiger partial charge in [0.15, 0.2) is 0 Å². The van der Waals surface area contributed by atoms with Crippen molar-refractivity contribution >= 4 is 17.9 Å². The maximum Gasteiger partial charge on any atom is 0.329 e. The SMILES string of the molecule is CC1(OCC(=O)O)CN(C(=O)NCCC(N)=O)C1. The number of nitrogens with one attached hydrogen (secondary N) is 1. The molecule has 0 unspecified atom stereocenters. The third-order valence-electron chi connectivity index (χ3n) is 2.53. The van der Waals surface area contributed by atoms with Crippen LogP contribution in [0, 0.1) is 0 Å². The molecule has 4 N–H and O–H groups in total. The van der Waals surface area contributed by atoms with Crippen LogP contribution in [0.25, 0.3) is 0 Å². The molecule has 0 radical (unpaired) electrons. The molecule has 0 aromatic heterocycles. The number of ether oxygens (including phenoxy) is 1. The highest BCUT2D eigenvalue weighted by Gasteiger charge is 2.42. The molecule has 1 aliphatic heterocycles. The fraction of sp³-hybridized carbons (Fsp3) is 0.700. The van der Waals surface area contributed by atoms with Crippen molar-refractivity contribution in [3.63, 3.8) is 0 Å². The molecule has 1 fully saturated rings. The number of carbonyl (C=O) groups excluding carboxylic acids is 2. The molecule has 0 spiro atoms. The second kappa shape index (κ2) is 5.67. The number of nitrogens with zero attached hydrogens (tertiary/aromatic N) is 1. The Bertz CT molecular complexity index is 351. The summed E-state index contributed by atoms with van der Waals surface area (Å²) in [6.07, 6.45) is 0.0896. The minimum atomic E-state index is -1.04. The number of hydrogen-bond acceptors (Lipinski definition) is 4. The van der Waals surface area contributed by atoms with Crippen LogP contribution < -0.4 is 11.1 Å². The van der Waals surface area contributed by atoms with Crippen molar-refractivity contribution in [1.82, 2.24) is 10.2 Å². The summed E-state index contributed by atoms with van der Waals surface area (Å²) in [4.78, 5) is 33.8. The molecule has 0 saturated carbocycles. The minimum Gasteiger partial charge on any atom is -0.480 e. The second-order valence-corrected chi connectivity index (χ2v) is 4.44. The first-order valence-electron chi connectivity index (χ1n) is 5.49. The van der Waals surface area contributed by atoms with Gasteiger partial charge in [-0.3, -0.25) is 4.79 Å². The zero-order valence-electron chi connectivity index (χ0n) is 10.1. The van der Waals surface area contributed by atoms with Crippen molar-refractivity contribution in [3.8, 4) is 0 Å². The number of aliphatic carboxylic acids is 1. The van der Waals surface area contributed by atoms with E-state index in [9.17, 15) is 14.4 Å². The smallest absolute Gasteiger partial charge is 0.329 e. The lowest BCUT2D eigenvalue weighted by Gasteiger charge is -2.46. The monoisotopic (exact) mass is 259 g/mol. The predicted molar refractivity (Wildman–Crippen MR) is 60.8 cm³/mol. The van der Waals surface area contributed by atoms with Gasteiger partial charge in [0.25, 0.3) is 0 Å². The number of hydrogen-bond donors (Lipinski definition) is 3. The number of rotatable bonds is 6. The minimum absolute atomic E-state index is 0.0896. The van der Waals surface area contributed by atoms with Gasteiger partial charge in [-0.05, 0) is 6.92 Å². The van der Waals surface area contributed by atoms with E-state index in [0.717, 1.165) is 0 Å². The van der Waals surface area contributed by atoms with Gasteiger partial charge in [0.1, 0.15) is 12.2 Å². The van der Waals surface area contributed by atoms with Crippen LogP contribution >= 0.6 is 0 Å². The van der Waals surface area contributed by atoms with Crippen LogP contribution in [0.3, 0.4) is 0 Å². The molecule has 18 heavy (non-hydrogen) atoms. The van der Waals surface area contributed by atoms with Crippen LogP contribution in [0.15, 0.2) is 0 Å². The molecule has 102 valence electrons. The van der Waals surface area contributed by atoms with Crippen molar-refractivity contribution in [2.24, 2.45) is 5.73 Å². The Hall–Kier alpha value is -1.83. The number of primary amides is 1. The summed E-state index contributed by atoms with van der Waals surface area (Å²) in [6, 6.07) is -0.312. The molecule has 8 heteroatoms. The quantitative estimate of drug-likeness (QED) is 0.550. The van der Waals surface area contributed by atoms with Gasteiger partial charge in [-0.15, -0.1) is 0 Å². The fourth-order valence-electron chi connectivity index (χ4n) is 1.64. The summed E-state index contributed by atoms with van der Waals surface area (Å²) in [5.41, 5.74) is 4.32. The number of likely N-dealkylation sites (tertiary alicyclic amines) is 1. The zero-order valence-corrected chi connectivity index (χ0v) is 10.1. The molecular weight excluding hydrogens is 242 g/mol. The Morgan fingerprint density at radius 1 is 1.44 bits per heavy atom. The van der Waals surface area contributed by atoms with E-state index >= 15 is 0 Å². The summed E-state index contributed by atoms with van der Waals surface area (Å²) >= 11 is 0. The van der Waals surface area contributed by atoms with E-state index in [0.29, 0.717) is 13.1 Å². The maximum absolute atomic E-state index is 11.5. The summed E-state index contributed by atoms with van der Waals surface area (Å²) < 4.78 is 5.15. The van der Waals surface area contributed by atoms with E-state index in [4.69, 9.17) is 15.6 Å². The average molecular weight is 259 g/mol. The number of carbonyl (C=O) groups is 3. The van der Waals surface area contributed by atoms with Crippen LogP contribution in [0.5, 0.6) is 0 Å². The third-order valence-corrected chi connectivity index (χ3v) is 2.53. The molecule has 0 bridgehead atoms. The van der Waals surface area contributed by atoms with Gasteiger partial charge in [0.2, 0.25) is 5.91 Å². The van der Waals surface area contributed by atoms with Gasteiger partial charge in [0.05, 0.1) is 13.1 Å². The van der Waals surface area contributed by atoms with Crippen molar-refractivity contribution < 1.29 is 24.2 Å². The molecule has 0 aliphatic carbocycles. The summed E-state index contributed by atoms with van der Waals surface area (Å²) in [7, 11) is 0. The molecule has 1 heterocycles. The van der Waals surface area contributed by atoms with Gasteiger partial charge < -0.3 is 25.8 Å². The molecule has 0 aromatic rings. The molecule has 1 aliphatic rings. The normalized spacial score (nSPS) is 16.8. The van der Waals surface area contributed by atoms with Crippen LogP contribution in [-0.2, 0) is 14.3 Å².